The van der Waals surface area contributed by atoms with Crippen LogP contribution in [0.3, 0.4) is 0 Å². The van der Waals surface area contributed by atoms with Crippen LogP contribution in [0.4, 0.5) is 13.2 Å². The first-order valence-electron chi connectivity index (χ1n) is 7.82. The minimum Gasteiger partial charge on any atom is -0.393 e. The number of carbonyl (C=O) groups excluding carboxylic acids is 1. The summed E-state index contributed by atoms with van der Waals surface area (Å²) in [5.74, 6) is 0.0411. The first kappa shape index (κ1) is 17.1. The maximum Gasteiger partial charge on any atom is 0.416 e. The average Bonchev–Trinajstić information content (AvgIpc) is 3.10. The van der Waals surface area contributed by atoms with Crippen LogP contribution in [-0.4, -0.2) is 5.12 Å². The van der Waals surface area contributed by atoms with Gasteiger partial charge in [-0.1, -0.05) is 18.2 Å². The van der Waals surface area contributed by atoms with Gasteiger partial charge < -0.3 is 5.73 Å². The summed E-state index contributed by atoms with van der Waals surface area (Å²) in [7, 11) is 0. The molecule has 1 aliphatic carbocycles. The van der Waals surface area contributed by atoms with Crippen LogP contribution in [0, 0.1) is 17.8 Å². The van der Waals surface area contributed by atoms with Crippen molar-refractivity contribution >= 4 is 22.5 Å². The van der Waals surface area contributed by atoms with Gasteiger partial charge in [-0.15, -0.1) is 6.58 Å². The van der Waals surface area contributed by atoms with E-state index >= 15 is 0 Å². The fourth-order valence-corrected chi connectivity index (χ4v) is 4.69. The van der Waals surface area contributed by atoms with Crippen LogP contribution < -0.4 is 5.73 Å². The van der Waals surface area contributed by atoms with Crippen molar-refractivity contribution in [3.63, 3.8) is 0 Å². The lowest BCUT2D eigenvalue weighted by Gasteiger charge is -2.21. The van der Waals surface area contributed by atoms with Crippen LogP contribution in [0.2, 0.25) is 0 Å². The Hall–Kier alpha value is -1.69. The third-order valence-corrected chi connectivity index (χ3v) is 5.76. The molecule has 2 aliphatic rings. The summed E-state index contributed by atoms with van der Waals surface area (Å²) in [5, 5.41) is 0.265. The molecule has 0 aromatic heterocycles. The molecule has 1 heterocycles. The van der Waals surface area contributed by atoms with Crippen LogP contribution in [-0.2, 0) is 11.0 Å². The lowest BCUT2D eigenvalue weighted by Crippen LogP contribution is -2.19. The smallest absolute Gasteiger partial charge is 0.393 e. The van der Waals surface area contributed by atoms with E-state index in [0.29, 0.717) is 22.1 Å². The molecule has 3 rings (SSSR count). The first-order chi connectivity index (χ1) is 11.3. The first-order valence-corrected chi connectivity index (χ1v) is 8.64. The van der Waals surface area contributed by atoms with Crippen molar-refractivity contribution in [3.05, 3.63) is 53.1 Å². The highest BCUT2D eigenvalue weighted by Gasteiger charge is 2.42. The highest BCUT2D eigenvalue weighted by Crippen LogP contribution is 2.50. The van der Waals surface area contributed by atoms with Gasteiger partial charge in [0, 0.05) is 5.57 Å². The summed E-state index contributed by atoms with van der Waals surface area (Å²) in [6.45, 7) is 3.80. The molecule has 1 aliphatic heterocycles. The van der Waals surface area contributed by atoms with Crippen molar-refractivity contribution in [3.8, 4) is 0 Å². The molecule has 1 saturated carbocycles. The number of carbonyl (C=O) groups is 1. The quantitative estimate of drug-likeness (QED) is 0.792. The molecule has 1 aromatic carbocycles. The van der Waals surface area contributed by atoms with Crippen LogP contribution in [0.1, 0.15) is 30.4 Å². The average molecular weight is 353 g/mol. The molecule has 0 saturated heterocycles. The second kappa shape index (κ2) is 6.31. The third-order valence-electron chi connectivity index (χ3n) is 4.86. The number of rotatable bonds is 3. The summed E-state index contributed by atoms with van der Waals surface area (Å²) in [6, 6.07) is 5.09. The Morgan fingerprint density at radius 1 is 1.29 bits per heavy atom. The monoisotopic (exact) mass is 353 g/mol. The largest absolute Gasteiger partial charge is 0.416 e. The molecule has 2 nitrogen and oxygen atoms in total. The van der Waals surface area contributed by atoms with Gasteiger partial charge >= 0.3 is 6.18 Å². The molecule has 3 atom stereocenters. The fourth-order valence-electron chi connectivity index (χ4n) is 3.68. The SMILES string of the molecule is C=CC1CCC(C2C(=O)SC(N)=C2c2cccc(C(F)(F)F)c2)C1. The van der Waals surface area contributed by atoms with Crippen molar-refractivity contribution in [1.29, 1.82) is 0 Å². The zero-order chi connectivity index (χ0) is 17.5. The van der Waals surface area contributed by atoms with E-state index in [1.165, 1.54) is 6.07 Å². The van der Waals surface area contributed by atoms with Gasteiger partial charge in [0.25, 0.3) is 0 Å². The van der Waals surface area contributed by atoms with E-state index in [1.807, 2.05) is 6.08 Å². The van der Waals surface area contributed by atoms with Crippen molar-refractivity contribution in [1.82, 2.24) is 0 Å². The van der Waals surface area contributed by atoms with E-state index in [9.17, 15) is 18.0 Å². The molecule has 0 amide bonds. The molecule has 128 valence electrons. The summed E-state index contributed by atoms with van der Waals surface area (Å²) in [6.07, 6.45) is 0.124. The fraction of sp³-hybridized carbons (Fsp3) is 0.389. The van der Waals surface area contributed by atoms with Gasteiger partial charge in [-0.3, -0.25) is 4.79 Å². The van der Waals surface area contributed by atoms with E-state index in [1.54, 1.807) is 6.07 Å². The van der Waals surface area contributed by atoms with Gasteiger partial charge in [-0.25, -0.2) is 0 Å². The zero-order valence-electron chi connectivity index (χ0n) is 13.0. The van der Waals surface area contributed by atoms with Crippen molar-refractivity contribution in [2.24, 2.45) is 23.5 Å². The Kier molecular flexibility index (Phi) is 4.51. The normalized spacial score (nSPS) is 27.8. The summed E-state index contributed by atoms with van der Waals surface area (Å²) in [5.41, 5.74) is 6.24. The predicted octanol–water partition coefficient (Wildman–Crippen LogP) is 4.82. The lowest BCUT2D eigenvalue weighted by atomic mass is 9.82. The number of nitrogens with two attached hydrogens (primary N) is 1. The van der Waals surface area contributed by atoms with E-state index in [0.717, 1.165) is 43.2 Å². The lowest BCUT2D eigenvalue weighted by molar-refractivity contribution is -0.137. The van der Waals surface area contributed by atoms with Gasteiger partial charge in [0.05, 0.1) is 16.5 Å². The van der Waals surface area contributed by atoms with Crippen LogP contribution in [0.15, 0.2) is 41.9 Å². The highest BCUT2D eigenvalue weighted by molar-refractivity contribution is 8.17. The van der Waals surface area contributed by atoms with E-state index < -0.39 is 17.7 Å². The Balaban J connectivity index is 1.97. The number of benzene rings is 1. The van der Waals surface area contributed by atoms with Crippen molar-refractivity contribution in [2.45, 2.75) is 25.4 Å². The van der Waals surface area contributed by atoms with Crippen LogP contribution in [0.25, 0.3) is 5.57 Å². The molecular weight excluding hydrogens is 335 g/mol. The van der Waals surface area contributed by atoms with Gasteiger partial charge in [0.1, 0.15) is 0 Å². The Morgan fingerprint density at radius 2 is 2.04 bits per heavy atom. The minimum absolute atomic E-state index is 0.0605. The standard InChI is InChI=1S/C18H18F3NOS/c1-2-10-6-7-12(8-10)15-14(16(22)24-17(15)23)11-4-3-5-13(9-11)18(19,20)21/h2-5,9-10,12,15H,1,6-8,22H2. The molecule has 0 spiro atoms. The molecule has 24 heavy (non-hydrogen) atoms. The second-order valence-corrected chi connectivity index (χ2v) is 7.37. The molecule has 0 bridgehead atoms. The number of thioether (sulfide) groups is 1. The minimum atomic E-state index is -4.42. The molecule has 1 fully saturated rings. The Labute approximate surface area is 143 Å². The number of alkyl halides is 3. The van der Waals surface area contributed by atoms with Crippen molar-refractivity contribution in [2.75, 3.05) is 0 Å². The third kappa shape index (κ3) is 3.11. The van der Waals surface area contributed by atoms with E-state index in [4.69, 9.17) is 5.73 Å². The molecule has 6 heteroatoms. The Morgan fingerprint density at radius 3 is 2.67 bits per heavy atom. The maximum atomic E-state index is 13.0. The van der Waals surface area contributed by atoms with Gasteiger partial charge in [-0.2, -0.15) is 13.2 Å². The predicted molar refractivity (Wildman–Crippen MR) is 89.7 cm³/mol. The van der Waals surface area contributed by atoms with E-state index in [-0.39, 0.29) is 11.0 Å². The Bertz CT molecular complexity index is 710. The molecule has 1 aromatic rings. The molecule has 0 radical (unpaired) electrons. The maximum absolute atomic E-state index is 13.0. The number of halogens is 3. The number of hydrogen-bond donors (Lipinski definition) is 1. The number of allylic oxidation sites excluding steroid dienone is 2. The summed E-state index contributed by atoms with van der Waals surface area (Å²) in [4.78, 5) is 12.4. The zero-order valence-corrected chi connectivity index (χ0v) is 13.8. The van der Waals surface area contributed by atoms with E-state index in [2.05, 4.69) is 6.58 Å². The van der Waals surface area contributed by atoms with Gasteiger partial charge in [-0.05, 0) is 60.6 Å². The second-order valence-electron chi connectivity index (χ2n) is 6.32. The summed E-state index contributed by atoms with van der Waals surface area (Å²) < 4.78 is 39.0. The highest BCUT2D eigenvalue weighted by atomic mass is 32.2. The molecular formula is C18H18F3NOS. The van der Waals surface area contributed by atoms with Gasteiger partial charge in [0.2, 0.25) is 5.12 Å². The summed E-state index contributed by atoms with van der Waals surface area (Å²) >= 11 is 0.952. The van der Waals surface area contributed by atoms with Crippen molar-refractivity contribution < 1.29 is 18.0 Å². The number of hydrogen-bond acceptors (Lipinski definition) is 3. The van der Waals surface area contributed by atoms with Gasteiger partial charge in [0.15, 0.2) is 0 Å². The molecule has 2 N–H and O–H groups in total. The van der Waals surface area contributed by atoms with Crippen LogP contribution >= 0.6 is 11.8 Å². The van der Waals surface area contributed by atoms with Crippen LogP contribution in [0.5, 0.6) is 0 Å². The topological polar surface area (TPSA) is 43.1 Å². The molecule has 3 unspecified atom stereocenters.